The number of benzene rings is 2. The molecule has 0 aliphatic heterocycles. The lowest BCUT2D eigenvalue weighted by Crippen LogP contribution is -2.15. The highest BCUT2D eigenvalue weighted by Crippen LogP contribution is 2.27. The monoisotopic (exact) mass is 215 g/mol. The van der Waals surface area contributed by atoms with Crippen LogP contribution in [-0.2, 0) is 6.42 Å². The van der Waals surface area contributed by atoms with Crippen LogP contribution in [-0.4, -0.2) is 30.6 Å². The average Bonchev–Trinajstić information content (AvgIpc) is 2.27. The number of likely N-dealkylation sites (N-methyl/N-ethyl adjacent to an activating group) is 1. The van der Waals surface area contributed by atoms with Crippen LogP contribution in [0.15, 0.2) is 36.4 Å². The molecule has 84 valence electrons. The summed E-state index contributed by atoms with van der Waals surface area (Å²) in [7, 11) is 4.09. The summed E-state index contributed by atoms with van der Waals surface area (Å²) in [6.07, 6.45) is 0.875. The molecule has 2 nitrogen and oxygen atoms in total. The Morgan fingerprint density at radius 1 is 1.06 bits per heavy atom. The van der Waals surface area contributed by atoms with Crippen LogP contribution in [0, 0.1) is 0 Å². The fraction of sp³-hybridized carbons (Fsp3) is 0.286. The molecule has 0 spiro atoms. The molecule has 0 aliphatic carbocycles. The zero-order chi connectivity index (χ0) is 11.5. The molecule has 0 atom stereocenters. The fourth-order valence-corrected chi connectivity index (χ4v) is 1.92. The Kier molecular flexibility index (Phi) is 3.11. The Balaban J connectivity index is 2.44. The van der Waals surface area contributed by atoms with Gasteiger partial charge in [-0.3, -0.25) is 0 Å². The van der Waals surface area contributed by atoms with Gasteiger partial charge in [0.2, 0.25) is 0 Å². The lowest BCUT2D eigenvalue weighted by molar-refractivity contribution is 0.407. The first kappa shape index (κ1) is 11.0. The Morgan fingerprint density at radius 3 is 2.56 bits per heavy atom. The van der Waals surface area contributed by atoms with Gasteiger partial charge in [-0.2, -0.15) is 0 Å². The Hall–Kier alpha value is -1.54. The molecule has 2 heteroatoms. The number of hydrogen-bond acceptors (Lipinski definition) is 2. The zero-order valence-corrected chi connectivity index (χ0v) is 9.77. The van der Waals surface area contributed by atoms with E-state index in [1.807, 2.05) is 32.3 Å². The highest BCUT2D eigenvalue weighted by Gasteiger charge is 2.06. The van der Waals surface area contributed by atoms with Crippen molar-refractivity contribution in [2.45, 2.75) is 6.42 Å². The first-order valence-electron chi connectivity index (χ1n) is 5.53. The van der Waals surface area contributed by atoms with E-state index in [1.165, 1.54) is 5.39 Å². The van der Waals surface area contributed by atoms with Crippen LogP contribution in [0.2, 0.25) is 0 Å². The van der Waals surface area contributed by atoms with Crippen LogP contribution >= 0.6 is 0 Å². The quantitative estimate of drug-likeness (QED) is 0.850. The topological polar surface area (TPSA) is 23.5 Å². The molecule has 0 unspecified atom stereocenters. The molecule has 0 saturated carbocycles. The van der Waals surface area contributed by atoms with Gasteiger partial charge in [0.1, 0.15) is 5.75 Å². The fourth-order valence-electron chi connectivity index (χ4n) is 1.92. The third-order valence-corrected chi connectivity index (χ3v) is 2.82. The maximum Gasteiger partial charge on any atom is 0.119 e. The third-order valence-electron chi connectivity index (χ3n) is 2.82. The van der Waals surface area contributed by atoms with E-state index < -0.39 is 0 Å². The number of fused-ring (bicyclic) bond motifs is 1. The normalized spacial score (nSPS) is 11.2. The molecule has 0 fully saturated rings. The van der Waals surface area contributed by atoms with E-state index >= 15 is 0 Å². The number of nitrogens with zero attached hydrogens (tertiary/aromatic N) is 1. The minimum atomic E-state index is 0.403. The first-order valence-corrected chi connectivity index (χ1v) is 5.53. The molecule has 2 rings (SSSR count). The van der Waals surface area contributed by atoms with Crippen LogP contribution in [0.1, 0.15) is 5.56 Å². The molecular weight excluding hydrogens is 198 g/mol. The SMILES string of the molecule is CN(C)CCc1c(O)ccc2ccccc12. The van der Waals surface area contributed by atoms with Gasteiger partial charge < -0.3 is 10.0 Å². The predicted molar refractivity (Wildman–Crippen MR) is 67.9 cm³/mol. The molecular formula is C14H17NO. The predicted octanol–water partition coefficient (Wildman–Crippen LogP) is 2.65. The van der Waals surface area contributed by atoms with Crippen molar-refractivity contribution in [3.05, 3.63) is 42.0 Å². The van der Waals surface area contributed by atoms with Gasteiger partial charge in [-0.1, -0.05) is 30.3 Å². The molecule has 0 aromatic heterocycles. The highest BCUT2D eigenvalue weighted by molar-refractivity contribution is 5.87. The molecule has 2 aromatic rings. The van der Waals surface area contributed by atoms with Crippen molar-refractivity contribution in [3.63, 3.8) is 0 Å². The number of phenols is 1. The van der Waals surface area contributed by atoms with Crippen LogP contribution in [0.3, 0.4) is 0 Å². The van der Waals surface area contributed by atoms with E-state index in [4.69, 9.17) is 0 Å². The van der Waals surface area contributed by atoms with Crippen molar-refractivity contribution >= 4 is 10.8 Å². The number of rotatable bonds is 3. The molecule has 2 aromatic carbocycles. The zero-order valence-electron chi connectivity index (χ0n) is 9.77. The second kappa shape index (κ2) is 4.54. The minimum absolute atomic E-state index is 0.403. The molecule has 0 radical (unpaired) electrons. The van der Waals surface area contributed by atoms with E-state index in [2.05, 4.69) is 17.0 Å². The third kappa shape index (κ3) is 2.17. The van der Waals surface area contributed by atoms with Crippen molar-refractivity contribution in [1.82, 2.24) is 4.90 Å². The van der Waals surface area contributed by atoms with Crippen molar-refractivity contribution in [2.75, 3.05) is 20.6 Å². The number of hydrogen-bond donors (Lipinski definition) is 1. The molecule has 0 saturated heterocycles. The maximum absolute atomic E-state index is 9.90. The van der Waals surface area contributed by atoms with Crippen LogP contribution < -0.4 is 0 Å². The Bertz CT molecular complexity index is 491. The standard InChI is InChI=1S/C14H17NO/c1-15(2)10-9-13-12-6-4-3-5-11(12)7-8-14(13)16/h3-8,16H,9-10H2,1-2H3. The van der Waals surface area contributed by atoms with E-state index in [9.17, 15) is 5.11 Å². The van der Waals surface area contributed by atoms with E-state index in [0.29, 0.717) is 5.75 Å². The smallest absolute Gasteiger partial charge is 0.119 e. The Labute approximate surface area is 96.1 Å². The van der Waals surface area contributed by atoms with Gasteiger partial charge in [0, 0.05) is 12.1 Å². The lowest BCUT2D eigenvalue weighted by Gasteiger charge is -2.12. The van der Waals surface area contributed by atoms with Crippen molar-refractivity contribution in [3.8, 4) is 5.75 Å². The van der Waals surface area contributed by atoms with Crippen LogP contribution in [0.5, 0.6) is 5.75 Å². The molecule has 0 heterocycles. The Morgan fingerprint density at radius 2 is 1.81 bits per heavy atom. The van der Waals surface area contributed by atoms with Gasteiger partial charge in [0.25, 0.3) is 0 Å². The average molecular weight is 215 g/mol. The summed E-state index contributed by atoms with van der Waals surface area (Å²) in [5.41, 5.74) is 1.05. The summed E-state index contributed by atoms with van der Waals surface area (Å²) in [5.74, 6) is 0.403. The molecule has 0 amide bonds. The van der Waals surface area contributed by atoms with Gasteiger partial charge in [-0.05, 0) is 37.4 Å². The van der Waals surface area contributed by atoms with Crippen molar-refractivity contribution in [2.24, 2.45) is 0 Å². The first-order chi connectivity index (χ1) is 7.68. The summed E-state index contributed by atoms with van der Waals surface area (Å²) in [6, 6.07) is 11.9. The largest absolute Gasteiger partial charge is 0.508 e. The summed E-state index contributed by atoms with van der Waals surface area (Å²) >= 11 is 0. The second-order valence-electron chi connectivity index (χ2n) is 4.34. The van der Waals surface area contributed by atoms with Crippen LogP contribution in [0.4, 0.5) is 0 Å². The van der Waals surface area contributed by atoms with Gasteiger partial charge in [0.15, 0.2) is 0 Å². The van der Waals surface area contributed by atoms with E-state index in [-0.39, 0.29) is 0 Å². The maximum atomic E-state index is 9.90. The van der Waals surface area contributed by atoms with E-state index in [0.717, 1.165) is 23.9 Å². The highest BCUT2D eigenvalue weighted by atomic mass is 16.3. The van der Waals surface area contributed by atoms with E-state index in [1.54, 1.807) is 6.07 Å². The summed E-state index contributed by atoms with van der Waals surface area (Å²) in [5, 5.41) is 12.2. The van der Waals surface area contributed by atoms with Gasteiger partial charge in [-0.15, -0.1) is 0 Å². The second-order valence-corrected chi connectivity index (χ2v) is 4.34. The van der Waals surface area contributed by atoms with Crippen LogP contribution in [0.25, 0.3) is 10.8 Å². The summed E-state index contributed by atoms with van der Waals surface area (Å²) < 4.78 is 0. The van der Waals surface area contributed by atoms with Gasteiger partial charge >= 0.3 is 0 Å². The van der Waals surface area contributed by atoms with Gasteiger partial charge in [-0.25, -0.2) is 0 Å². The van der Waals surface area contributed by atoms with Crippen molar-refractivity contribution in [1.29, 1.82) is 0 Å². The van der Waals surface area contributed by atoms with Crippen molar-refractivity contribution < 1.29 is 5.11 Å². The summed E-state index contributed by atoms with van der Waals surface area (Å²) in [6.45, 7) is 0.946. The molecule has 1 N–H and O–H groups in total. The number of aromatic hydroxyl groups is 1. The summed E-state index contributed by atoms with van der Waals surface area (Å²) in [4.78, 5) is 2.13. The molecule has 16 heavy (non-hydrogen) atoms. The van der Waals surface area contributed by atoms with Gasteiger partial charge in [0.05, 0.1) is 0 Å². The minimum Gasteiger partial charge on any atom is -0.508 e. The lowest BCUT2D eigenvalue weighted by atomic mass is 10.0. The molecule has 0 aliphatic rings. The number of phenolic OH excluding ortho intramolecular Hbond substituents is 1. The molecule has 0 bridgehead atoms.